The molecule has 3 aliphatic rings. The molecule has 0 radical (unpaired) electrons. The van der Waals surface area contributed by atoms with E-state index in [1.807, 2.05) is 20.8 Å². The molecule has 2 fully saturated rings. The Balaban J connectivity index is 1.58. The minimum absolute atomic E-state index is 0.156. The van der Waals surface area contributed by atoms with Gasteiger partial charge in [-0.1, -0.05) is 12.2 Å². The van der Waals surface area contributed by atoms with Gasteiger partial charge in [-0.05, 0) is 76.2 Å². The summed E-state index contributed by atoms with van der Waals surface area (Å²) in [6.45, 7) is 7.12. The van der Waals surface area contributed by atoms with E-state index in [1.54, 1.807) is 4.90 Å². The predicted molar refractivity (Wildman–Crippen MR) is 99.5 cm³/mol. The highest BCUT2D eigenvalue weighted by atomic mass is 16.6. The fourth-order valence-electron chi connectivity index (χ4n) is 4.44. The molecule has 5 nitrogen and oxygen atoms in total. The smallest absolute Gasteiger partial charge is 0.410 e. The van der Waals surface area contributed by atoms with Gasteiger partial charge in [-0.2, -0.15) is 0 Å². The van der Waals surface area contributed by atoms with Crippen LogP contribution in [-0.4, -0.2) is 42.8 Å². The second kappa shape index (κ2) is 7.45. The molecule has 1 amide bonds. The molecule has 0 N–H and O–H groups in total. The van der Waals surface area contributed by atoms with Crippen LogP contribution in [0.25, 0.3) is 0 Å². The van der Waals surface area contributed by atoms with E-state index in [4.69, 9.17) is 9.47 Å². The molecule has 2 bridgehead atoms. The predicted octanol–water partition coefficient (Wildman–Crippen LogP) is 4.09. The fourth-order valence-corrected chi connectivity index (χ4v) is 4.44. The van der Waals surface area contributed by atoms with E-state index in [2.05, 4.69) is 12.2 Å². The first-order valence-electron chi connectivity index (χ1n) is 9.77. The molecule has 144 valence electrons. The van der Waals surface area contributed by atoms with Crippen molar-refractivity contribution in [1.82, 2.24) is 4.90 Å². The number of allylic oxidation sites excluding steroid dienone is 3. The number of fused-ring (bicyclic) bond motifs is 2. The number of likely N-dealkylation sites (tertiary alicyclic amines) is 1. The van der Waals surface area contributed by atoms with Crippen molar-refractivity contribution in [3.63, 3.8) is 0 Å². The van der Waals surface area contributed by atoms with Crippen LogP contribution in [0.1, 0.15) is 52.9 Å². The summed E-state index contributed by atoms with van der Waals surface area (Å²) in [7, 11) is 1.47. The van der Waals surface area contributed by atoms with Crippen LogP contribution in [0, 0.1) is 17.8 Å². The molecule has 1 saturated heterocycles. The van der Waals surface area contributed by atoms with Crippen LogP contribution in [0.5, 0.6) is 0 Å². The third kappa shape index (κ3) is 4.13. The van der Waals surface area contributed by atoms with Crippen molar-refractivity contribution in [2.24, 2.45) is 17.8 Å². The number of carbonyl (C=O) groups is 2. The van der Waals surface area contributed by atoms with Gasteiger partial charge in [-0.3, -0.25) is 0 Å². The lowest BCUT2D eigenvalue weighted by Gasteiger charge is -2.32. The molecular formula is C21H31NO4. The van der Waals surface area contributed by atoms with Crippen LogP contribution < -0.4 is 0 Å². The van der Waals surface area contributed by atoms with Crippen LogP contribution in [0.4, 0.5) is 4.79 Å². The lowest BCUT2D eigenvalue weighted by molar-refractivity contribution is -0.136. The van der Waals surface area contributed by atoms with Crippen molar-refractivity contribution >= 4 is 12.1 Å². The quantitative estimate of drug-likeness (QED) is 0.711. The van der Waals surface area contributed by atoms with Crippen molar-refractivity contribution < 1.29 is 19.1 Å². The van der Waals surface area contributed by atoms with Crippen LogP contribution in [0.3, 0.4) is 0 Å². The third-order valence-electron chi connectivity index (χ3n) is 5.74. The molecule has 0 aromatic heterocycles. The Kier molecular flexibility index (Phi) is 5.44. The van der Waals surface area contributed by atoms with Gasteiger partial charge < -0.3 is 14.4 Å². The van der Waals surface area contributed by atoms with Gasteiger partial charge in [-0.15, -0.1) is 0 Å². The molecule has 1 heterocycles. The molecule has 5 heteroatoms. The number of ether oxygens (including phenoxy) is 2. The van der Waals surface area contributed by atoms with E-state index in [-0.39, 0.29) is 12.1 Å². The Hall–Kier alpha value is -1.78. The van der Waals surface area contributed by atoms with E-state index >= 15 is 0 Å². The van der Waals surface area contributed by atoms with Gasteiger partial charge in [-0.25, -0.2) is 9.59 Å². The van der Waals surface area contributed by atoms with Crippen LogP contribution in [0.2, 0.25) is 0 Å². The van der Waals surface area contributed by atoms with Gasteiger partial charge in [0, 0.05) is 18.7 Å². The highest BCUT2D eigenvalue weighted by Gasteiger charge is 2.41. The molecule has 2 unspecified atom stereocenters. The van der Waals surface area contributed by atoms with E-state index in [0.29, 0.717) is 17.8 Å². The highest BCUT2D eigenvalue weighted by molar-refractivity contribution is 5.91. The Labute approximate surface area is 156 Å². The first-order chi connectivity index (χ1) is 12.3. The van der Waals surface area contributed by atoms with Gasteiger partial charge in [0.15, 0.2) is 0 Å². The van der Waals surface area contributed by atoms with Gasteiger partial charge in [0.1, 0.15) is 5.60 Å². The molecule has 26 heavy (non-hydrogen) atoms. The zero-order chi connectivity index (χ0) is 18.9. The monoisotopic (exact) mass is 361 g/mol. The van der Waals surface area contributed by atoms with E-state index in [9.17, 15) is 9.59 Å². The molecule has 1 aliphatic heterocycles. The van der Waals surface area contributed by atoms with Gasteiger partial charge >= 0.3 is 12.1 Å². The Bertz CT molecular complexity index is 620. The number of carbonyl (C=O) groups excluding carboxylic acids is 2. The zero-order valence-electron chi connectivity index (χ0n) is 16.4. The lowest BCUT2D eigenvalue weighted by Crippen LogP contribution is -2.41. The third-order valence-corrected chi connectivity index (χ3v) is 5.74. The minimum atomic E-state index is -0.452. The van der Waals surface area contributed by atoms with Crippen molar-refractivity contribution in [2.45, 2.75) is 58.5 Å². The summed E-state index contributed by atoms with van der Waals surface area (Å²) in [6, 6.07) is 0. The maximum absolute atomic E-state index is 12.2. The molecular weight excluding hydrogens is 330 g/mol. The topological polar surface area (TPSA) is 55.8 Å². The molecule has 2 atom stereocenters. The lowest BCUT2D eigenvalue weighted by atomic mass is 9.89. The number of methoxy groups -OCH3 is 1. The number of nitrogens with zero attached hydrogens (tertiary/aromatic N) is 1. The summed E-state index contributed by atoms with van der Waals surface area (Å²) in [5.41, 5.74) is 1.65. The standard InChI is InChI=1S/C21H31NO4/c1-21(2,3)26-20(24)22-11-9-14(10-12-22)5-8-17-15-6-7-16(13-15)18(17)19(23)25-4/h5,8,14-16H,6-7,9-13H2,1-4H3/b8-5+. The number of hydrogen-bond acceptors (Lipinski definition) is 4. The fraction of sp³-hybridized carbons (Fsp3) is 0.714. The Morgan fingerprint density at radius 1 is 1.08 bits per heavy atom. The Morgan fingerprint density at radius 3 is 2.35 bits per heavy atom. The molecule has 0 aromatic rings. The molecule has 0 spiro atoms. The van der Waals surface area contributed by atoms with Crippen molar-refractivity contribution in [3.8, 4) is 0 Å². The number of piperidine rings is 1. The second-order valence-corrected chi connectivity index (χ2v) is 8.73. The average Bonchev–Trinajstić information content (AvgIpc) is 3.19. The Morgan fingerprint density at radius 2 is 1.73 bits per heavy atom. The largest absolute Gasteiger partial charge is 0.466 e. The molecule has 0 aromatic carbocycles. The summed E-state index contributed by atoms with van der Waals surface area (Å²) in [4.78, 5) is 26.1. The number of hydrogen-bond donors (Lipinski definition) is 0. The summed E-state index contributed by atoms with van der Waals surface area (Å²) >= 11 is 0. The van der Waals surface area contributed by atoms with Crippen molar-refractivity contribution in [3.05, 3.63) is 23.3 Å². The van der Waals surface area contributed by atoms with Crippen molar-refractivity contribution in [1.29, 1.82) is 0 Å². The normalized spacial score (nSPS) is 26.7. The minimum Gasteiger partial charge on any atom is -0.466 e. The highest BCUT2D eigenvalue weighted by Crippen LogP contribution is 2.49. The van der Waals surface area contributed by atoms with E-state index in [0.717, 1.165) is 44.3 Å². The maximum atomic E-state index is 12.2. The van der Waals surface area contributed by atoms with Crippen LogP contribution in [-0.2, 0) is 14.3 Å². The maximum Gasteiger partial charge on any atom is 0.410 e. The average molecular weight is 361 g/mol. The summed E-state index contributed by atoms with van der Waals surface area (Å²) in [6.07, 6.45) is 9.46. The summed E-state index contributed by atoms with van der Waals surface area (Å²) in [5, 5.41) is 0. The SMILES string of the molecule is COC(=O)C1=C(/C=C/C2CCN(C(=O)OC(C)(C)C)CC2)C2CCC1C2. The second-order valence-electron chi connectivity index (χ2n) is 8.73. The first kappa shape index (κ1) is 19.0. The van der Waals surface area contributed by atoms with E-state index in [1.165, 1.54) is 19.1 Å². The molecule has 2 aliphatic carbocycles. The number of rotatable bonds is 3. The number of amides is 1. The van der Waals surface area contributed by atoms with Gasteiger partial charge in [0.05, 0.1) is 7.11 Å². The molecule has 1 saturated carbocycles. The van der Waals surface area contributed by atoms with Crippen LogP contribution >= 0.6 is 0 Å². The first-order valence-corrected chi connectivity index (χ1v) is 9.77. The van der Waals surface area contributed by atoms with E-state index < -0.39 is 5.60 Å². The van der Waals surface area contributed by atoms with Crippen molar-refractivity contribution in [2.75, 3.05) is 20.2 Å². The number of esters is 1. The zero-order valence-corrected chi connectivity index (χ0v) is 16.4. The summed E-state index contributed by atoms with van der Waals surface area (Å²) < 4.78 is 10.5. The van der Waals surface area contributed by atoms with Gasteiger partial charge in [0.2, 0.25) is 0 Å². The molecule has 3 rings (SSSR count). The van der Waals surface area contributed by atoms with Crippen LogP contribution in [0.15, 0.2) is 23.3 Å². The summed E-state index contributed by atoms with van der Waals surface area (Å²) in [5.74, 6) is 1.20. The van der Waals surface area contributed by atoms with Gasteiger partial charge in [0.25, 0.3) is 0 Å².